The van der Waals surface area contributed by atoms with E-state index in [0.717, 1.165) is 17.7 Å². The summed E-state index contributed by atoms with van der Waals surface area (Å²) in [5, 5.41) is 10.8. The van der Waals surface area contributed by atoms with Crippen molar-refractivity contribution in [2.45, 2.75) is 6.54 Å². The van der Waals surface area contributed by atoms with E-state index >= 15 is 0 Å². The molecule has 3 aromatic rings. The number of nitrogens with zero attached hydrogens (tertiary/aromatic N) is 1. The van der Waals surface area contributed by atoms with Crippen LogP contribution in [0.15, 0.2) is 54.7 Å². The van der Waals surface area contributed by atoms with Crippen LogP contribution in [0.2, 0.25) is 0 Å². The first-order valence-corrected chi connectivity index (χ1v) is 6.66. The molecule has 3 heteroatoms. The van der Waals surface area contributed by atoms with E-state index < -0.39 is 0 Å². The van der Waals surface area contributed by atoms with Gasteiger partial charge in [0.05, 0.1) is 6.61 Å². The first-order chi connectivity index (χ1) is 9.79. The zero-order chi connectivity index (χ0) is 13.9. The molecule has 0 unspecified atom stereocenters. The molecule has 3 nitrogen and oxygen atoms in total. The number of hydrogen-bond acceptors (Lipinski definition) is 2. The van der Waals surface area contributed by atoms with Gasteiger partial charge < -0.3 is 14.4 Å². The Morgan fingerprint density at radius 3 is 2.75 bits per heavy atom. The predicted octanol–water partition coefficient (Wildman–Crippen LogP) is 3.66. The van der Waals surface area contributed by atoms with Crippen molar-refractivity contribution in [3.63, 3.8) is 0 Å². The van der Waals surface area contributed by atoms with E-state index in [9.17, 15) is 5.11 Å². The van der Waals surface area contributed by atoms with Crippen molar-refractivity contribution < 1.29 is 9.84 Å². The molecule has 0 bridgehead atoms. The van der Waals surface area contributed by atoms with Gasteiger partial charge in [-0.15, -0.1) is 0 Å². The van der Waals surface area contributed by atoms with Crippen molar-refractivity contribution in [1.29, 1.82) is 0 Å². The van der Waals surface area contributed by atoms with E-state index in [1.54, 1.807) is 19.2 Å². The van der Waals surface area contributed by atoms with Gasteiger partial charge in [0.2, 0.25) is 0 Å². The molecule has 0 aliphatic rings. The fraction of sp³-hybridized carbons (Fsp3) is 0.176. The van der Waals surface area contributed by atoms with E-state index in [-0.39, 0.29) is 0 Å². The largest absolute Gasteiger partial charge is 0.508 e. The van der Waals surface area contributed by atoms with Crippen LogP contribution in [-0.4, -0.2) is 23.4 Å². The molecular weight excluding hydrogens is 250 g/mol. The first kappa shape index (κ1) is 12.8. The maximum atomic E-state index is 9.65. The molecule has 0 saturated heterocycles. The van der Waals surface area contributed by atoms with Gasteiger partial charge in [-0.05, 0) is 35.4 Å². The maximum Gasteiger partial charge on any atom is 0.116 e. The van der Waals surface area contributed by atoms with Gasteiger partial charge in [-0.3, -0.25) is 0 Å². The Morgan fingerprint density at radius 1 is 1.10 bits per heavy atom. The molecule has 20 heavy (non-hydrogen) atoms. The molecule has 0 amide bonds. The third kappa shape index (κ3) is 2.28. The molecule has 0 fully saturated rings. The van der Waals surface area contributed by atoms with Crippen molar-refractivity contribution in [3.05, 3.63) is 54.7 Å². The van der Waals surface area contributed by atoms with Crippen molar-refractivity contribution in [3.8, 4) is 16.9 Å². The lowest BCUT2D eigenvalue weighted by molar-refractivity contribution is 0.188. The zero-order valence-electron chi connectivity index (χ0n) is 11.4. The van der Waals surface area contributed by atoms with Gasteiger partial charge in [0.15, 0.2) is 0 Å². The number of methoxy groups -OCH3 is 1. The second-order valence-corrected chi connectivity index (χ2v) is 4.79. The molecule has 1 aromatic heterocycles. The van der Waals surface area contributed by atoms with Crippen LogP contribution in [0.3, 0.4) is 0 Å². The normalized spacial score (nSPS) is 11.1. The van der Waals surface area contributed by atoms with Gasteiger partial charge in [-0.2, -0.15) is 0 Å². The Labute approximate surface area is 118 Å². The summed E-state index contributed by atoms with van der Waals surface area (Å²) < 4.78 is 7.33. The number of phenols is 1. The SMILES string of the molecule is COCCn1ccc2c(-c3cccc(O)c3)cccc21. The number of benzene rings is 2. The van der Waals surface area contributed by atoms with Gasteiger partial charge in [-0.1, -0.05) is 24.3 Å². The summed E-state index contributed by atoms with van der Waals surface area (Å²) in [7, 11) is 1.71. The molecule has 1 N–H and O–H groups in total. The summed E-state index contributed by atoms with van der Waals surface area (Å²) >= 11 is 0. The summed E-state index contributed by atoms with van der Waals surface area (Å²) in [4.78, 5) is 0. The van der Waals surface area contributed by atoms with Crippen LogP contribution in [0.4, 0.5) is 0 Å². The van der Waals surface area contributed by atoms with E-state index in [2.05, 4.69) is 29.0 Å². The van der Waals surface area contributed by atoms with E-state index in [1.807, 2.05) is 18.2 Å². The summed E-state index contributed by atoms with van der Waals surface area (Å²) in [6, 6.07) is 15.7. The lowest BCUT2D eigenvalue weighted by Gasteiger charge is -2.07. The highest BCUT2D eigenvalue weighted by Gasteiger charge is 2.07. The van der Waals surface area contributed by atoms with Crippen LogP contribution < -0.4 is 0 Å². The van der Waals surface area contributed by atoms with Gasteiger partial charge in [0.1, 0.15) is 5.75 Å². The second kappa shape index (κ2) is 5.39. The molecule has 0 aliphatic heterocycles. The fourth-order valence-corrected chi connectivity index (χ4v) is 2.53. The van der Waals surface area contributed by atoms with Gasteiger partial charge >= 0.3 is 0 Å². The third-order valence-electron chi connectivity index (χ3n) is 3.51. The lowest BCUT2D eigenvalue weighted by Crippen LogP contribution is -2.02. The third-order valence-corrected chi connectivity index (χ3v) is 3.51. The van der Waals surface area contributed by atoms with Gasteiger partial charge in [0.25, 0.3) is 0 Å². The van der Waals surface area contributed by atoms with E-state index in [4.69, 9.17) is 4.74 Å². The van der Waals surface area contributed by atoms with Crippen LogP contribution in [0.25, 0.3) is 22.0 Å². The summed E-state index contributed by atoms with van der Waals surface area (Å²) in [6.07, 6.45) is 2.08. The first-order valence-electron chi connectivity index (χ1n) is 6.66. The predicted molar refractivity (Wildman–Crippen MR) is 80.9 cm³/mol. The van der Waals surface area contributed by atoms with Crippen molar-refractivity contribution >= 4 is 10.9 Å². The molecule has 2 aromatic carbocycles. The highest BCUT2D eigenvalue weighted by molar-refractivity contribution is 5.95. The number of rotatable bonds is 4. The molecular formula is C17H17NO2. The highest BCUT2D eigenvalue weighted by atomic mass is 16.5. The van der Waals surface area contributed by atoms with Crippen LogP contribution >= 0.6 is 0 Å². The molecule has 102 valence electrons. The molecule has 0 saturated carbocycles. The number of hydrogen-bond donors (Lipinski definition) is 1. The Morgan fingerprint density at radius 2 is 1.95 bits per heavy atom. The quantitative estimate of drug-likeness (QED) is 0.782. The molecule has 0 spiro atoms. The van der Waals surface area contributed by atoms with Crippen LogP contribution in [-0.2, 0) is 11.3 Å². The van der Waals surface area contributed by atoms with E-state index in [0.29, 0.717) is 12.4 Å². The van der Waals surface area contributed by atoms with Gasteiger partial charge in [0, 0.05) is 30.8 Å². The number of aromatic hydroxyl groups is 1. The van der Waals surface area contributed by atoms with Crippen molar-refractivity contribution in [2.24, 2.45) is 0 Å². The van der Waals surface area contributed by atoms with Crippen molar-refractivity contribution in [2.75, 3.05) is 13.7 Å². The molecule has 0 aliphatic carbocycles. The summed E-state index contributed by atoms with van der Waals surface area (Å²) in [6.45, 7) is 1.53. The monoisotopic (exact) mass is 267 g/mol. The maximum absolute atomic E-state index is 9.65. The van der Waals surface area contributed by atoms with Crippen LogP contribution in [0.1, 0.15) is 0 Å². The Balaban J connectivity index is 2.10. The molecule has 3 rings (SSSR count). The summed E-state index contributed by atoms with van der Waals surface area (Å²) in [5.74, 6) is 0.290. The molecule has 0 atom stereocenters. The summed E-state index contributed by atoms with van der Waals surface area (Å²) in [5.41, 5.74) is 3.34. The lowest BCUT2D eigenvalue weighted by atomic mass is 10.0. The van der Waals surface area contributed by atoms with Crippen LogP contribution in [0, 0.1) is 0 Å². The van der Waals surface area contributed by atoms with E-state index in [1.165, 1.54) is 10.9 Å². The Kier molecular flexibility index (Phi) is 3.44. The number of aromatic nitrogens is 1. The Bertz CT molecular complexity index is 731. The molecule has 1 heterocycles. The zero-order valence-corrected chi connectivity index (χ0v) is 11.4. The number of ether oxygens (including phenoxy) is 1. The average molecular weight is 267 g/mol. The minimum absolute atomic E-state index is 0.290. The fourth-order valence-electron chi connectivity index (χ4n) is 2.53. The van der Waals surface area contributed by atoms with Gasteiger partial charge in [-0.25, -0.2) is 0 Å². The topological polar surface area (TPSA) is 34.4 Å². The Hall–Kier alpha value is -2.26. The number of phenolic OH excluding ortho intramolecular Hbond substituents is 1. The van der Waals surface area contributed by atoms with Crippen molar-refractivity contribution in [1.82, 2.24) is 4.57 Å². The van der Waals surface area contributed by atoms with Crippen LogP contribution in [0.5, 0.6) is 5.75 Å². The average Bonchev–Trinajstić information content (AvgIpc) is 2.88. The minimum atomic E-state index is 0.290. The number of fused-ring (bicyclic) bond motifs is 1. The molecule has 0 radical (unpaired) electrons. The standard InChI is InChI=1S/C17H17NO2/c1-20-11-10-18-9-8-16-15(6-3-7-17(16)18)13-4-2-5-14(19)12-13/h2-9,12,19H,10-11H2,1H3. The second-order valence-electron chi connectivity index (χ2n) is 4.79. The smallest absolute Gasteiger partial charge is 0.116 e. The minimum Gasteiger partial charge on any atom is -0.508 e. The highest BCUT2D eigenvalue weighted by Crippen LogP contribution is 2.31.